The van der Waals surface area contributed by atoms with Crippen molar-refractivity contribution in [3.8, 4) is 11.4 Å². The van der Waals surface area contributed by atoms with Crippen LogP contribution in [0.2, 0.25) is 5.02 Å². The maximum Gasteiger partial charge on any atom is 0.216 e. The van der Waals surface area contributed by atoms with Gasteiger partial charge in [-0.1, -0.05) is 41.9 Å². The molecule has 0 saturated carbocycles. The van der Waals surface area contributed by atoms with Crippen LogP contribution in [0.3, 0.4) is 0 Å². The van der Waals surface area contributed by atoms with Crippen LogP contribution >= 0.6 is 23.8 Å². The van der Waals surface area contributed by atoms with Crippen molar-refractivity contribution in [3.63, 3.8) is 0 Å². The Balaban J connectivity index is 2.04. The lowest BCUT2D eigenvalue weighted by Gasteiger charge is -2.01. The zero-order valence-corrected chi connectivity index (χ0v) is 12.8. The minimum absolute atomic E-state index is 0.308. The molecule has 0 bridgehead atoms. The van der Waals surface area contributed by atoms with E-state index < -0.39 is 0 Å². The number of halogens is 2. The lowest BCUT2D eigenvalue weighted by molar-refractivity contribution is 0.625. The molecule has 0 radical (unpaired) electrons. The maximum absolute atomic E-state index is 13.6. The first-order valence-corrected chi connectivity index (χ1v) is 7.16. The van der Waals surface area contributed by atoms with Gasteiger partial charge in [0.1, 0.15) is 5.82 Å². The van der Waals surface area contributed by atoms with E-state index in [1.165, 1.54) is 17.0 Å². The molecular formula is C15H10ClFN4S. The second-order valence-corrected chi connectivity index (χ2v) is 5.26. The Morgan fingerprint density at radius 2 is 2.05 bits per heavy atom. The summed E-state index contributed by atoms with van der Waals surface area (Å²) in [5.41, 5.74) is 1.12. The van der Waals surface area contributed by atoms with Crippen molar-refractivity contribution in [1.82, 2.24) is 14.9 Å². The zero-order chi connectivity index (χ0) is 15.5. The molecular weight excluding hydrogens is 323 g/mol. The fourth-order valence-corrected chi connectivity index (χ4v) is 2.28. The van der Waals surface area contributed by atoms with Gasteiger partial charge in [-0.3, -0.25) is 0 Å². The second kappa shape index (κ2) is 6.21. The van der Waals surface area contributed by atoms with E-state index in [0.29, 0.717) is 21.2 Å². The summed E-state index contributed by atoms with van der Waals surface area (Å²) in [5.74, 6) is 0.144. The Morgan fingerprint density at radius 1 is 1.23 bits per heavy atom. The van der Waals surface area contributed by atoms with Gasteiger partial charge in [0.05, 0.1) is 6.21 Å². The number of hydrogen-bond donors (Lipinski definition) is 1. The molecule has 0 aliphatic rings. The van der Waals surface area contributed by atoms with Gasteiger partial charge in [-0.25, -0.2) is 9.49 Å². The van der Waals surface area contributed by atoms with Gasteiger partial charge in [0.15, 0.2) is 5.82 Å². The number of hydrogen-bond acceptors (Lipinski definition) is 3. The summed E-state index contributed by atoms with van der Waals surface area (Å²) in [7, 11) is 0. The van der Waals surface area contributed by atoms with Gasteiger partial charge in [0.2, 0.25) is 4.77 Å². The Labute approximate surface area is 135 Å². The van der Waals surface area contributed by atoms with Crippen LogP contribution in [0.25, 0.3) is 11.4 Å². The van der Waals surface area contributed by atoms with Crippen molar-refractivity contribution in [2.45, 2.75) is 0 Å². The summed E-state index contributed by atoms with van der Waals surface area (Å²) in [6, 6.07) is 13.5. The summed E-state index contributed by atoms with van der Waals surface area (Å²) in [5, 5.41) is 11.6. The van der Waals surface area contributed by atoms with E-state index in [9.17, 15) is 4.39 Å². The summed E-state index contributed by atoms with van der Waals surface area (Å²) in [6.45, 7) is 0. The van der Waals surface area contributed by atoms with Gasteiger partial charge in [0.25, 0.3) is 0 Å². The molecule has 0 aliphatic heterocycles. The van der Waals surface area contributed by atoms with Gasteiger partial charge < -0.3 is 0 Å². The third-order valence-electron chi connectivity index (χ3n) is 2.95. The lowest BCUT2D eigenvalue weighted by atomic mass is 10.2. The molecule has 7 heteroatoms. The van der Waals surface area contributed by atoms with Crippen molar-refractivity contribution in [1.29, 1.82) is 0 Å². The molecule has 0 saturated heterocycles. The molecule has 3 aromatic rings. The minimum atomic E-state index is -0.356. The molecule has 22 heavy (non-hydrogen) atoms. The normalized spacial score (nSPS) is 11.2. The van der Waals surface area contributed by atoms with E-state index in [1.807, 2.05) is 6.07 Å². The Bertz CT molecular complexity index is 900. The van der Waals surface area contributed by atoms with Crippen LogP contribution in [0, 0.1) is 10.6 Å². The van der Waals surface area contributed by atoms with E-state index >= 15 is 0 Å². The molecule has 0 amide bonds. The average Bonchev–Trinajstić information content (AvgIpc) is 2.87. The van der Waals surface area contributed by atoms with Crippen LogP contribution in [-0.4, -0.2) is 21.1 Å². The van der Waals surface area contributed by atoms with Gasteiger partial charge in [-0.2, -0.15) is 14.9 Å². The molecule has 4 nitrogen and oxygen atoms in total. The van der Waals surface area contributed by atoms with Crippen molar-refractivity contribution < 1.29 is 4.39 Å². The zero-order valence-electron chi connectivity index (χ0n) is 11.2. The van der Waals surface area contributed by atoms with Gasteiger partial charge >= 0.3 is 0 Å². The van der Waals surface area contributed by atoms with E-state index in [4.69, 9.17) is 23.8 Å². The summed E-state index contributed by atoms with van der Waals surface area (Å²) in [4.78, 5) is 0. The molecule has 2 aromatic carbocycles. The summed E-state index contributed by atoms with van der Waals surface area (Å²) in [6.07, 6.45) is 1.40. The van der Waals surface area contributed by atoms with Crippen LogP contribution in [0.5, 0.6) is 0 Å². The van der Waals surface area contributed by atoms with Crippen LogP contribution in [0.4, 0.5) is 4.39 Å². The number of rotatable bonds is 3. The topological polar surface area (TPSA) is 46.0 Å². The first-order chi connectivity index (χ1) is 10.6. The van der Waals surface area contributed by atoms with Crippen LogP contribution in [-0.2, 0) is 0 Å². The molecule has 0 aliphatic carbocycles. The standard InChI is InChI=1S/C15H10ClFN4S/c16-12-6-3-5-10(8-12)14-19-20-15(22)21(14)18-9-11-4-1-2-7-13(11)17/h1-9H,(H,20,22)/b18-9+. The van der Waals surface area contributed by atoms with Gasteiger partial charge in [-0.15, -0.1) is 0 Å². The van der Waals surface area contributed by atoms with Crippen LogP contribution in [0.1, 0.15) is 5.56 Å². The predicted molar refractivity (Wildman–Crippen MR) is 87.2 cm³/mol. The lowest BCUT2D eigenvalue weighted by Crippen LogP contribution is -1.96. The average molecular weight is 333 g/mol. The molecule has 110 valence electrons. The highest BCUT2D eigenvalue weighted by molar-refractivity contribution is 7.71. The molecule has 1 aromatic heterocycles. The smallest absolute Gasteiger partial charge is 0.216 e. The number of H-pyrrole nitrogens is 1. The number of aromatic nitrogens is 3. The van der Waals surface area contributed by atoms with Crippen molar-refractivity contribution in [2.24, 2.45) is 5.10 Å². The fourth-order valence-electron chi connectivity index (χ4n) is 1.91. The molecule has 0 fully saturated rings. The second-order valence-electron chi connectivity index (χ2n) is 4.44. The maximum atomic E-state index is 13.6. The minimum Gasteiger partial charge on any atom is -0.250 e. The van der Waals surface area contributed by atoms with Gasteiger partial charge in [0, 0.05) is 16.1 Å². The first-order valence-electron chi connectivity index (χ1n) is 6.37. The third kappa shape index (κ3) is 2.98. The number of aromatic amines is 1. The Morgan fingerprint density at radius 3 is 2.82 bits per heavy atom. The molecule has 0 atom stereocenters. The highest BCUT2D eigenvalue weighted by Gasteiger charge is 2.08. The first kappa shape index (κ1) is 14.6. The highest BCUT2D eigenvalue weighted by atomic mass is 35.5. The Hall–Kier alpha value is -2.31. The predicted octanol–water partition coefficient (Wildman–Crippen LogP) is 4.28. The molecule has 0 spiro atoms. The van der Waals surface area contributed by atoms with E-state index in [1.54, 1.807) is 36.4 Å². The molecule has 0 unspecified atom stereocenters. The monoisotopic (exact) mass is 332 g/mol. The molecule has 1 heterocycles. The number of nitrogens with zero attached hydrogens (tertiary/aromatic N) is 3. The molecule has 1 N–H and O–H groups in total. The third-order valence-corrected chi connectivity index (χ3v) is 3.45. The van der Waals surface area contributed by atoms with Crippen molar-refractivity contribution in [3.05, 3.63) is 69.7 Å². The summed E-state index contributed by atoms with van der Waals surface area (Å²) < 4.78 is 15.4. The fraction of sp³-hybridized carbons (Fsp3) is 0. The van der Waals surface area contributed by atoms with Crippen molar-refractivity contribution in [2.75, 3.05) is 0 Å². The van der Waals surface area contributed by atoms with Crippen molar-refractivity contribution >= 4 is 30.0 Å². The van der Waals surface area contributed by atoms with Gasteiger partial charge in [-0.05, 0) is 30.4 Å². The van der Waals surface area contributed by atoms with Crippen LogP contribution < -0.4 is 0 Å². The number of nitrogens with one attached hydrogen (secondary N) is 1. The quantitative estimate of drug-likeness (QED) is 0.574. The largest absolute Gasteiger partial charge is 0.250 e. The highest BCUT2D eigenvalue weighted by Crippen LogP contribution is 2.21. The van der Waals surface area contributed by atoms with E-state index in [2.05, 4.69) is 15.3 Å². The van der Waals surface area contributed by atoms with Crippen LogP contribution in [0.15, 0.2) is 53.6 Å². The Kier molecular flexibility index (Phi) is 4.13. The van der Waals surface area contributed by atoms with E-state index in [-0.39, 0.29) is 5.82 Å². The molecule has 3 rings (SSSR count). The van der Waals surface area contributed by atoms with E-state index in [0.717, 1.165) is 5.56 Å². The summed E-state index contributed by atoms with van der Waals surface area (Å²) >= 11 is 11.1. The number of benzene rings is 2. The SMILES string of the molecule is Fc1ccccc1/C=N/n1c(-c2cccc(Cl)c2)n[nH]c1=S.